The van der Waals surface area contributed by atoms with E-state index in [-0.39, 0.29) is 16.2 Å². The van der Waals surface area contributed by atoms with E-state index in [0.717, 1.165) is 51.2 Å². The van der Waals surface area contributed by atoms with E-state index in [4.69, 9.17) is 4.74 Å². The third-order valence-electron chi connectivity index (χ3n) is 20.2. The van der Waals surface area contributed by atoms with E-state index < -0.39 is 0 Å². The van der Waals surface area contributed by atoms with Gasteiger partial charge in [-0.15, -0.1) is 0 Å². The summed E-state index contributed by atoms with van der Waals surface area (Å²) in [6.07, 6.45) is 0. The molecule has 0 unspecified atom stereocenters. The molecule has 4 N–H and O–H groups in total. The maximum absolute atomic E-state index is 5.16. The van der Waals surface area contributed by atoms with Gasteiger partial charge >= 0.3 is 0 Å². The summed E-state index contributed by atoms with van der Waals surface area (Å²) < 4.78 is 5.16. The highest BCUT2D eigenvalue weighted by Gasteiger charge is 2.46. The van der Waals surface area contributed by atoms with Gasteiger partial charge in [-0.2, -0.15) is 0 Å². The first-order chi connectivity index (χ1) is 49.9. The fraction of sp³-hybridized carbons (Fsp3) is 0.0928. The monoisotopic (exact) mass is 1320 g/mol. The second-order valence-electron chi connectivity index (χ2n) is 27.9. The summed E-state index contributed by atoms with van der Waals surface area (Å²) in [4.78, 5) is 0. The van der Waals surface area contributed by atoms with Crippen LogP contribution < -0.4 is 26.0 Å². The van der Waals surface area contributed by atoms with E-state index in [1.165, 1.54) is 104 Å². The maximum atomic E-state index is 5.16. The van der Waals surface area contributed by atoms with Gasteiger partial charge in [-0.25, -0.2) is 0 Å². The largest absolute Gasteiger partial charge is 0.497 e. The van der Waals surface area contributed by atoms with Crippen LogP contribution in [0.3, 0.4) is 0 Å². The number of hydrogen-bond donors (Lipinski definition) is 4. The molecule has 496 valence electrons. The molecule has 2 aliphatic rings. The number of hydrogen-bond acceptors (Lipinski definition) is 5. The Morgan fingerprint density at radius 3 is 1.00 bits per heavy atom. The Balaban J connectivity index is 0.000000114. The summed E-state index contributed by atoms with van der Waals surface area (Å²) in [5, 5.41) is 24.3. The second-order valence-corrected chi connectivity index (χ2v) is 27.9. The van der Waals surface area contributed by atoms with Crippen LogP contribution in [-0.2, 0) is 16.2 Å². The van der Waals surface area contributed by atoms with E-state index in [1.807, 2.05) is 24.3 Å². The average Bonchev–Trinajstić information content (AvgIpc) is 1.54. The fourth-order valence-electron chi connectivity index (χ4n) is 15.0. The van der Waals surface area contributed by atoms with E-state index in [1.54, 1.807) is 7.11 Å². The lowest BCUT2D eigenvalue weighted by molar-refractivity contribution is 0.415. The first-order valence-electron chi connectivity index (χ1n) is 35.2. The van der Waals surface area contributed by atoms with Crippen LogP contribution >= 0.6 is 0 Å². The summed E-state index contributed by atoms with van der Waals surface area (Å²) in [6, 6.07) is 129. The lowest BCUT2D eigenvalue weighted by atomic mass is 9.67. The minimum atomic E-state index is -0.384. The van der Waals surface area contributed by atoms with E-state index in [2.05, 4.69) is 396 Å². The lowest BCUT2D eigenvalue weighted by Crippen LogP contribution is -2.28. The van der Waals surface area contributed by atoms with Crippen molar-refractivity contribution in [2.75, 3.05) is 28.4 Å². The standard InChI is InChI=1S/C35H25N.C25H21N.C20H21N.C17H15NO/c1-3-14-26(15-4-1)35(27-16-5-2-6-17-27)32-20-10-9-19-30(32)31-23-22-28(24-33(31)35)36-34-21-11-13-25-12-7-8-18-29(25)34;1-25(2)22-12-6-5-11-20(22)21-15-14-18(16-23(21)25)26-24-13-7-9-17-8-3-4-10-19(17)24;1-20(2,3)16-11-13-17(14-12-16)21-19-10-6-8-15-7-4-5-9-18(15)19;1-19-15-11-9-14(10-12-15)18-17-8-4-6-13-5-2-3-7-16(13)17/h1-24,36H;3-16,26H,1-2H3;4-14,21H,1-3H3;2-12,18H,1H3. The minimum absolute atomic E-state index is 0.0301. The smallest absolute Gasteiger partial charge is 0.119 e. The zero-order valence-corrected chi connectivity index (χ0v) is 58.5. The Kier molecular flexibility index (Phi) is 18.2. The van der Waals surface area contributed by atoms with Crippen molar-refractivity contribution in [3.8, 4) is 28.0 Å². The summed E-state index contributed by atoms with van der Waals surface area (Å²) >= 11 is 0. The highest BCUT2D eigenvalue weighted by molar-refractivity contribution is 5.99. The molecule has 0 amide bonds. The number of ether oxygens (including phenoxy) is 1. The third kappa shape index (κ3) is 13.1. The normalized spacial score (nSPS) is 12.6. The summed E-state index contributed by atoms with van der Waals surface area (Å²) in [5.74, 6) is 0.864. The molecule has 0 fully saturated rings. The zero-order valence-electron chi connectivity index (χ0n) is 58.5. The first-order valence-corrected chi connectivity index (χ1v) is 35.2. The van der Waals surface area contributed by atoms with Gasteiger partial charge in [-0.3, -0.25) is 0 Å². The zero-order chi connectivity index (χ0) is 69.6. The number of anilines is 8. The molecule has 0 aromatic heterocycles. The highest BCUT2D eigenvalue weighted by Crippen LogP contribution is 2.57. The van der Waals surface area contributed by atoms with Gasteiger partial charge in [0.15, 0.2) is 0 Å². The van der Waals surface area contributed by atoms with Crippen LogP contribution in [0.1, 0.15) is 73.6 Å². The lowest BCUT2D eigenvalue weighted by Gasteiger charge is -2.34. The van der Waals surface area contributed by atoms with Crippen LogP contribution in [-0.4, -0.2) is 7.11 Å². The van der Waals surface area contributed by atoms with Crippen molar-refractivity contribution in [2.24, 2.45) is 0 Å². The average molecular weight is 1320 g/mol. The third-order valence-corrected chi connectivity index (χ3v) is 20.2. The van der Waals surface area contributed by atoms with Crippen LogP contribution in [0.15, 0.2) is 364 Å². The highest BCUT2D eigenvalue weighted by atomic mass is 16.5. The number of benzene rings is 16. The predicted octanol–water partition coefficient (Wildman–Crippen LogP) is 26.3. The number of nitrogens with one attached hydrogen (secondary N) is 4. The number of rotatable bonds is 11. The van der Waals surface area contributed by atoms with E-state index >= 15 is 0 Å². The molecular weight excluding hydrogens is 1240 g/mol. The molecule has 16 aromatic rings. The Bertz CT molecular complexity index is 5580. The molecule has 0 bridgehead atoms. The van der Waals surface area contributed by atoms with Gasteiger partial charge in [0.2, 0.25) is 0 Å². The van der Waals surface area contributed by atoms with E-state index in [0.29, 0.717) is 0 Å². The van der Waals surface area contributed by atoms with Crippen LogP contribution in [0.5, 0.6) is 5.75 Å². The molecule has 102 heavy (non-hydrogen) atoms. The van der Waals surface area contributed by atoms with Crippen LogP contribution in [0.25, 0.3) is 65.3 Å². The summed E-state index contributed by atoms with van der Waals surface area (Å²) in [5.41, 5.74) is 23.5. The molecule has 18 rings (SSSR count). The SMILES string of the molecule is CC(C)(C)c1ccc(Nc2cccc3ccccc23)cc1.CC1(C)c2ccccc2-c2ccc(Nc3cccc4ccccc34)cc21.COc1ccc(Nc2cccc3ccccc23)cc1.c1ccc(C2(c3ccccc3)c3ccccc3-c3ccc(Nc4cccc5ccccc45)cc32)cc1. The topological polar surface area (TPSA) is 57.4 Å². The molecule has 0 saturated heterocycles. The summed E-state index contributed by atoms with van der Waals surface area (Å²) in [6.45, 7) is 11.3. The molecule has 0 spiro atoms. The fourth-order valence-corrected chi connectivity index (χ4v) is 15.0. The van der Waals surface area contributed by atoms with Crippen molar-refractivity contribution in [3.63, 3.8) is 0 Å². The molecule has 0 aliphatic heterocycles. The quantitative estimate of drug-likeness (QED) is 0.104. The van der Waals surface area contributed by atoms with Crippen LogP contribution in [0, 0.1) is 0 Å². The predicted molar refractivity (Wildman–Crippen MR) is 435 cm³/mol. The molecule has 16 aromatic carbocycles. The Morgan fingerprint density at radius 2 is 0.578 bits per heavy atom. The van der Waals surface area contributed by atoms with Gasteiger partial charge < -0.3 is 26.0 Å². The molecule has 0 saturated carbocycles. The second kappa shape index (κ2) is 28.4. The van der Waals surface area contributed by atoms with Crippen molar-refractivity contribution < 1.29 is 4.74 Å². The molecule has 0 radical (unpaired) electrons. The minimum Gasteiger partial charge on any atom is -0.497 e. The Labute approximate surface area is 599 Å². The van der Waals surface area contributed by atoms with Gasteiger partial charge in [0.05, 0.1) is 12.5 Å². The number of fused-ring (bicyclic) bond motifs is 10. The van der Waals surface area contributed by atoms with Gasteiger partial charge in [-0.05, 0) is 173 Å². The van der Waals surface area contributed by atoms with Crippen molar-refractivity contribution in [1.82, 2.24) is 0 Å². The van der Waals surface area contributed by atoms with Crippen molar-refractivity contribution in [3.05, 3.63) is 403 Å². The maximum Gasteiger partial charge on any atom is 0.119 e. The molecule has 0 atom stereocenters. The van der Waals surface area contributed by atoms with Crippen molar-refractivity contribution in [1.29, 1.82) is 0 Å². The first kappa shape index (κ1) is 65.5. The van der Waals surface area contributed by atoms with Gasteiger partial charge in [0, 0.05) is 72.5 Å². The summed E-state index contributed by atoms with van der Waals surface area (Å²) in [7, 11) is 1.67. The number of methoxy groups -OCH3 is 1. The molecular formula is C97H82N4O. The molecule has 2 aliphatic carbocycles. The van der Waals surface area contributed by atoms with Gasteiger partial charge in [0.1, 0.15) is 5.75 Å². The van der Waals surface area contributed by atoms with Crippen molar-refractivity contribution in [2.45, 2.75) is 50.9 Å². The van der Waals surface area contributed by atoms with E-state index in [9.17, 15) is 0 Å². The van der Waals surface area contributed by atoms with Crippen LogP contribution in [0.4, 0.5) is 45.5 Å². The molecule has 0 heterocycles. The van der Waals surface area contributed by atoms with Crippen LogP contribution in [0.2, 0.25) is 0 Å². The Hall–Kier alpha value is -12.4. The van der Waals surface area contributed by atoms with Gasteiger partial charge in [-0.1, -0.05) is 314 Å². The molecule has 5 heteroatoms. The van der Waals surface area contributed by atoms with Gasteiger partial charge in [0.25, 0.3) is 0 Å². The molecule has 5 nitrogen and oxygen atoms in total. The van der Waals surface area contributed by atoms with Crippen molar-refractivity contribution >= 4 is 88.6 Å². The Morgan fingerprint density at radius 1 is 0.265 bits per heavy atom.